The van der Waals surface area contributed by atoms with Crippen molar-refractivity contribution in [3.05, 3.63) is 48.3 Å². The minimum Gasteiger partial charge on any atom is -0.446 e. The molecule has 0 aliphatic heterocycles. The molecule has 0 unspecified atom stereocenters. The van der Waals surface area contributed by atoms with Crippen LogP contribution >= 0.6 is 11.6 Å². The number of hydrogen-bond donors (Lipinski definition) is 0. The Morgan fingerprint density at radius 1 is 1.24 bits per heavy atom. The SMILES string of the molecule is O=C(OCCl)c1ccc2ncn(Cc3cncn3CC(F)(F)F)c2c1. The fourth-order valence-electron chi connectivity index (χ4n) is 2.43. The van der Waals surface area contributed by atoms with Crippen LogP contribution in [0.1, 0.15) is 16.1 Å². The van der Waals surface area contributed by atoms with E-state index in [1.165, 1.54) is 12.5 Å². The highest BCUT2D eigenvalue weighted by Crippen LogP contribution is 2.21. The van der Waals surface area contributed by atoms with Gasteiger partial charge >= 0.3 is 12.1 Å². The highest BCUT2D eigenvalue weighted by atomic mass is 35.5. The lowest BCUT2D eigenvalue weighted by Gasteiger charge is -2.12. The Labute approximate surface area is 144 Å². The number of rotatable bonds is 5. The average Bonchev–Trinajstić information content (AvgIpc) is 3.13. The van der Waals surface area contributed by atoms with Gasteiger partial charge in [-0.1, -0.05) is 11.6 Å². The predicted octanol–water partition coefficient (Wildman–Crippen LogP) is 3.20. The second-order valence-electron chi connectivity index (χ2n) is 5.24. The van der Waals surface area contributed by atoms with Crippen LogP contribution in [0.2, 0.25) is 0 Å². The summed E-state index contributed by atoms with van der Waals surface area (Å²) in [5.41, 5.74) is 1.83. The van der Waals surface area contributed by atoms with Crippen molar-refractivity contribution in [1.82, 2.24) is 19.1 Å². The van der Waals surface area contributed by atoms with Gasteiger partial charge in [0.2, 0.25) is 0 Å². The minimum atomic E-state index is -4.34. The monoisotopic (exact) mass is 372 g/mol. The Kier molecular flexibility index (Phi) is 4.67. The largest absolute Gasteiger partial charge is 0.446 e. The van der Waals surface area contributed by atoms with Crippen LogP contribution < -0.4 is 0 Å². The first-order valence-corrected chi connectivity index (χ1v) is 7.64. The molecular formula is C15H12ClF3N4O2. The van der Waals surface area contributed by atoms with Gasteiger partial charge in [0.15, 0.2) is 6.07 Å². The zero-order valence-corrected chi connectivity index (χ0v) is 13.5. The Balaban J connectivity index is 1.91. The standard InChI is InChI=1S/C15H12ClF3N4O2/c16-7-25-14(24)10-1-2-12-13(3-10)22(9-21-12)5-11-4-20-8-23(11)6-15(17,18)19/h1-4,8-9H,5-7H2. The first kappa shape index (κ1) is 17.3. The number of carbonyl (C=O) groups is 1. The van der Waals surface area contributed by atoms with Crippen molar-refractivity contribution in [2.45, 2.75) is 19.3 Å². The van der Waals surface area contributed by atoms with Crippen molar-refractivity contribution in [3.8, 4) is 0 Å². The molecule has 0 fully saturated rings. The third-order valence-electron chi connectivity index (χ3n) is 3.52. The van der Waals surface area contributed by atoms with Crippen LogP contribution in [0.4, 0.5) is 13.2 Å². The highest BCUT2D eigenvalue weighted by molar-refractivity contribution is 6.17. The number of ether oxygens (including phenoxy) is 1. The maximum absolute atomic E-state index is 12.6. The zero-order valence-electron chi connectivity index (χ0n) is 12.7. The molecule has 132 valence electrons. The van der Waals surface area contributed by atoms with E-state index in [0.29, 0.717) is 16.7 Å². The zero-order chi connectivity index (χ0) is 18.0. The molecule has 0 radical (unpaired) electrons. The molecule has 0 amide bonds. The molecule has 2 aromatic heterocycles. The number of halogens is 4. The van der Waals surface area contributed by atoms with Gasteiger partial charge in [0.05, 0.1) is 41.5 Å². The van der Waals surface area contributed by atoms with Crippen molar-refractivity contribution in [1.29, 1.82) is 0 Å². The third-order valence-corrected chi connectivity index (χ3v) is 3.63. The first-order chi connectivity index (χ1) is 11.9. The van der Waals surface area contributed by atoms with E-state index in [1.54, 1.807) is 22.8 Å². The number of imidazole rings is 2. The molecule has 25 heavy (non-hydrogen) atoms. The van der Waals surface area contributed by atoms with Gasteiger partial charge in [0, 0.05) is 6.20 Å². The quantitative estimate of drug-likeness (QED) is 0.509. The molecule has 0 aliphatic rings. The lowest BCUT2D eigenvalue weighted by atomic mass is 10.2. The highest BCUT2D eigenvalue weighted by Gasteiger charge is 2.28. The summed E-state index contributed by atoms with van der Waals surface area (Å²) in [4.78, 5) is 19.7. The maximum atomic E-state index is 12.6. The predicted molar refractivity (Wildman–Crippen MR) is 83.3 cm³/mol. The number of carbonyl (C=O) groups excluding carboxylic acids is 1. The van der Waals surface area contributed by atoms with Crippen molar-refractivity contribution in [2.24, 2.45) is 0 Å². The molecular weight excluding hydrogens is 361 g/mol. The van der Waals surface area contributed by atoms with Crippen molar-refractivity contribution in [2.75, 3.05) is 6.07 Å². The van der Waals surface area contributed by atoms with E-state index in [1.807, 2.05) is 0 Å². The summed E-state index contributed by atoms with van der Waals surface area (Å²) in [6.45, 7) is -0.997. The topological polar surface area (TPSA) is 61.9 Å². The van der Waals surface area contributed by atoms with E-state index >= 15 is 0 Å². The van der Waals surface area contributed by atoms with Crippen molar-refractivity contribution in [3.63, 3.8) is 0 Å². The number of fused-ring (bicyclic) bond motifs is 1. The van der Waals surface area contributed by atoms with E-state index in [2.05, 4.69) is 9.97 Å². The fourth-order valence-corrected chi connectivity index (χ4v) is 2.53. The smallest absolute Gasteiger partial charge is 0.406 e. The van der Waals surface area contributed by atoms with E-state index < -0.39 is 18.7 Å². The summed E-state index contributed by atoms with van der Waals surface area (Å²) in [7, 11) is 0. The number of aromatic nitrogens is 4. The Morgan fingerprint density at radius 3 is 2.76 bits per heavy atom. The summed E-state index contributed by atoms with van der Waals surface area (Å²) < 4.78 is 45.2. The lowest BCUT2D eigenvalue weighted by molar-refractivity contribution is -0.141. The number of benzene rings is 1. The van der Waals surface area contributed by atoms with E-state index in [4.69, 9.17) is 16.3 Å². The molecule has 0 N–H and O–H groups in total. The molecule has 3 aromatic rings. The van der Waals surface area contributed by atoms with Gasteiger partial charge in [-0.15, -0.1) is 0 Å². The van der Waals surface area contributed by atoms with E-state index in [9.17, 15) is 18.0 Å². The molecule has 6 nitrogen and oxygen atoms in total. The summed E-state index contributed by atoms with van der Waals surface area (Å²) in [6, 6.07) is 4.46. The molecule has 0 aliphatic carbocycles. The van der Waals surface area contributed by atoms with Crippen LogP contribution in [0, 0.1) is 0 Å². The fraction of sp³-hybridized carbons (Fsp3) is 0.267. The molecule has 0 atom stereocenters. The summed E-state index contributed by atoms with van der Waals surface area (Å²) in [5, 5.41) is 0. The second-order valence-corrected chi connectivity index (χ2v) is 5.46. The van der Waals surface area contributed by atoms with Crippen molar-refractivity contribution < 1.29 is 22.7 Å². The van der Waals surface area contributed by atoms with Gasteiger partial charge in [-0.2, -0.15) is 13.2 Å². The molecule has 2 heterocycles. The Morgan fingerprint density at radius 2 is 2.04 bits per heavy atom. The minimum absolute atomic E-state index is 0.126. The van der Waals surface area contributed by atoms with E-state index in [-0.39, 0.29) is 18.2 Å². The van der Waals surface area contributed by atoms with Gasteiger partial charge in [-0.05, 0) is 18.2 Å². The molecule has 0 bridgehead atoms. The van der Waals surface area contributed by atoms with Gasteiger partial charge in [-0.3, -0.25) is 0 Å². The molecule has 1 aromatic carbocycles. The molecule has 10 heteroatoms. The lowest BCUT2D eigenvalue weighted by Crippen LogP contribution is -2.19. The number of esters is 1. The third kappa shape index (κ3) is 3.93. The molecule has 0 saturated carbocycles. The molecule has 0 spiro atoms. The summed E-state index contributed by atoms with van der Waals surface area (Å²) >= 11 is 5.38. The molecule has 3 rings (SSSR count). The van der Waals surface area contributed by atoms with Gasteiger partial charge < -0.3 is 13.9 Å². The Hall–Kier alpha value is -2.55. The van der Waals surface area contributed by atoms with Crippen LogP contribution in [0.5, 0.6) is 0 Å². The average molecular weight is 373 g/mol. The van der Waals surface area contributed by atoms with Gasteiger partial charge in [0.25, 0.3) is 0 Å². The van der Waals surface area contributed by atoms with Crippen LogP contribution in [0.15, 0.2) is 37.1 Å². The van der Waals surface area contributed by atoms with E-state index in [0.717, 1.165) is 10.9 Å². The van der Waals surface area contributed by atoms with Gasteiger partial charge in [0.1, 0.15) is 6.54 Å². The van der Waals surface area contributed by atoms with Gasteiger partial charge in [-0.25, -0.2) is 14.8 Å². The molecule has 0 saturated heterocycles. The second kappa shape index (κ2) is 6.75. The van der Waals surface area contributed by atoms with Crippen LogP contribution in [0.3, 0.4) is 0 Å². The van der Waals surface area contributed by atoms with Crippen molar-refractivity contribution >= 4 is 28.6 Å². The first-order valence-electron chi connectivity index (χ1n) is 7.11. The maximum Gasteiger partial charge on any atom is 0.406 e. The number of nitrogens with zero attached hydrogens (tertiary/aromatic N) is 4. The Bertz CT molecular complexity index is 904. The van der Waals surface area contributed by atoms with Crippen LogP contribution in [-0.4, -0.2) is 37.3 Å². The normalized spacial score (nSPS) is 11.8. The summed E-state index contributed by atoms with van der Waals surface area (Å²) in [5.74, 6) is -0.591. The summed E-state index contributed by atoms with van der Waals surface area (Å²) in [6.07, 6.45) is -0.356. The van der Waals surface area contributed by atoms with Crippen LogP contribution in [-0.2, 0) is 17.8 Å². The number of hydrogen-bond acceptors (Lipinski definition) is 4. The number of alkyl halides is 4. The van der Waals surface area contributed by atoms with Crippen LogP contribution in [0.25, 0.3) is 11.0 Å².